The van der Waals surface area contributed by atoms with Gasteiger partial charge in [-0.1, -0.05) is 103 Å². The number of rotatable bonds is 18. The first-order chi connectivity index (χ1) is 13.2. The Balaban J connectivity index is 1.78. The lowest BCUT2D eigenvalue weighted by atomic mass is 10.0. The van der Waals surface area contributed by atoms with Crippen LogP contribution in [0.5, 0.6) is 0 Å². The quantitative estimate of drug-likeness (QED) is 0.180. The number of hydrogen-bond donors (Lipinski definition) is 0. The predicted octanol–water partition coefficient (Wildman–Crippen LogP) is 8.24. The molecule has 1 rings (SSSR count). The smallest absolute Gasteiger partial charge is 0.178 e. The molecule has 0 radical (unpaired) electrons. The van der Waals surface area contributed by atoms with Crippen LogP contribution in [0.1, 0.15) is 127 Å². The average molecular weight is 375 g/mol. The van der Waals surface area contributed by atoms with E-state index in [0.717, 1.165) is 0 Å². The molecule has 0 amide bonds. The third-order valence-electron chi connectivity index (χ3n) is 5.90. The second-order valence-electron chi connectivity index (χ2n) is 8.70. The molecule has 1 heteroatoms. The lowest BCUT2D eigenvalue weighted by Gasteiger charge is -2.04. The van der Waals surface area contributed by atoms with Crippen LogP contribution in [0.3, 0.4) is 0 Å². The largest absolute Gasteiger partial charge is 0.202 e. The maximum atomic E-state index is 2.42. The number of hydrogen-bond acceptors (Lipinski definition) is 0. The standard InChI is InChI=1S/C26H48N/c1-4-5-6-7-8-9-10-11-12-13-14-15-16-17-18-19-20-23-27-24-25(2)21-22-26(27)3/h21-22,24H,4-20,23H2,1-3H3/q+1. The van der Waals surface area contributed by atoms with E-state index in [1.54, 1.807) is 0 Å². The van der Waals surface area contributed by atoms with Gasteiger partial charge in [-0.3, -0.25) is 0 Å². The summed E-state index contributed by atoms with van der Waals surface area (Å²) in [6.45, 7) is 7.89. The molecule has 0 bridgehead atoms. The highest BCUT2D eigenvalue weighted by atomic mass is 14.9. The van der Waals surface area contributed by atoms with Gasteiger partial charge >= 0.3 is 0 Å². The zero-order valence-electron chi connectivity index (χ0n) is 18.9. The maximum Gasteiger partial charge on any atom is 0.178 e. The van der Waals surface area contributed by atoms with E-state index in [2.05, 4.69) is 43.7 Å². The highest BCUT2D eigenvalue weighted by molar-refractivity contribution is 5.05. The molecule has 0 fully saturated rings. The summed E-state index contributed by atoms with van der Waals surface area (Å²) in [6.07, 6.45) is 26.8. The summed E-state index contributed by atoms with van der Waals surface area (Å²) in [5.41, 5.74) is 2.75. The van der Waals surface area contributed by atoms with Gasteiger partial charge in [0.05, 0.1) is 0 Å². The minimum atomic E-state index is 1.19. The van der Waals surface area contributed by atoms with E-state index in [9.17, 15) is 0 Å². The molecular weight excluding hydrogens is 326 g/mol. The van der Waals surface area contributed by atoms with E-state index in [4.69, 9.17) is 0 Å². The molecule has 1 heterocycles. The van der Waals surface area contributed by atoms with Gasteiger partial charge in [0.1, 0.15) is 6.54 Å². The third kappa shape index (κ3) is 13.9. The molecule has 0 aromatic carbocycles. The Morgan fingerprint density at radius 1 is 0.556 bits per heavy atom. The molecule has 0 aliphatic rings. The van der Waals surface area contributed by atoms with Gasteiger partial charge in [-0.2, -0.15) is 0 Å². The molecule has 0 N–H and O–H groups in total. The molecule has 156 valence electrons. The van der Waals surface area contributed by atoms with Crippen molar-refractivity contribution in [3.63, 3.8) is 0 Å². The molecule has 1 aromatic rings. The van der Waals surface area contributed by atoms with E-state index >= 15 is 0 Å². The van der Waals surface area contributed by atoms with Crippen molar-refractivity contribution in [1.82, 2.24) is 0 Å². The van der Waals surface area contributed by atoms with Crippen LogP contribution in [-0.2, 0) is 6.54 Å². The molecule has 0 aliphatic carbocycles. The van der Waals surface area contributed by atoms with E-state index in [1.807, 2.05) is 0 Å². The van der Waals surface area contributed by atoms with Crippen LogP contribution < -0.4 is 4.57 Å². The van der Waals surface area contributed by atoms with Crippen LogP contribution in [-0.4, -0.2) is 0 Å². The van der Waals surface area contributed by atoms with Crippen molar-refractivity contribution in [2.45, 2.75) is 136 Å². The fourth-order valence-electron chi connectivity index (χ4n) is 3.99. The molecule has 1 nitrogen and oxygen atoms in total. The van der Waals surface area contributed by atoms with Gasteiger partial charge in [0.2, 0.25) is 0 Å². The van der Waals surface area contributed by atoms with E-state index < -0.39 is 0 Å². The van der Waals surface area contributed by atoms with Crippen molar-refractivity contribution in [3.05, 3.63) is 29.6 Å². The van der Waals surface area contributed by atoms with Gasteiger partial charge in [-0.25, -0.2) is 4.57 Å². The van der Waals surface area contributed by atoms with Crippen LogP contribution in [0.2, 0.25) is 0 Å². The molecule has 0 spiro atoms. The second kappa shape index (κ2) is 17.3. The SMILES string of the molecule is CCCCCCCCCCCCCCCCCCC[n+]1cc(C)ccc1C. The van der Waals surface area contributed by atoms with E-state index in [0.29, 0.717) is 0 Å². The van der Waals surface area contributed by atoms with Gasteiger partial charge in [0.15, 0.2) is 11.9 Å². The Bertz CT molecular complexity index is 452. The summed E-state index contributed by atoms with van der Waals surface area (Å²) in [4.78, 5) is 0. The van der Waals surface area contributed by atoms with E-state index in [-0.39, 0.29) is 0 Å². The number of unbranched alkanes of at least 4 members (excludes halogenated alkanes) is 16. The zero-order chi connectivity index (χ0) is 19.6. The number of pyridine rings is 1. The van der Waals surface area contributed by atoms with Crippen molar-refractivity contribution in [2.24, 2.45) is 0 Å². The lowest BCUT2D eigenvalue weighted by molar-refractivity contribution is -0.703. The fraction of sp³-hybridized carbons (Fsp3) is 0.808. The Kier molecular flexibility index (Phi) is 15.5. The summed E-state index contributed by atoms with van der Waals surface area (Å²) in [5.74, 6) is 0. The Labute approximate surface area is 171 Å². The van der Waals surface area contributed by atoms with Gasteiger partial charge < -0.3 is 0 Å². The summed E-state index contributed by atoms with van der Waals surface area (Å²) >= 11 is 0. The monoisotopic (exact) mass is 374 g/mol. The van der Waals surface area contributed by atoms with E-state index in [1.165, 1.54) is 127 Å². The van der Waals surface area contributed by atoms with Crippen molar-refractivity contribution < 1.29 is 4.57 Å². The highest BCUT2D eigenvalue weighted by Crippen LogP contribution is 2.14. The minimum absolute atomic E-state index is 1.19. The van der Waals surface area contributed by atoms with Crippen LogP contribution in [0.4, 0.5) is 0 Å². The fourth-order valence-corrected chi connectivity index (χ4v) is 3.99. The first kappa shape index (κ1) is 24.2. The molecule has 0 saturated carbocycles. The summed E-state index contributed by atoms with van der Waals surface area (Å²) in [5, 5.41) is 0. The van der Waals surface area contributed by atoms with Crippen LogP contribution in [0, 0.1) is 13.8 Å². The predicted molar refractivity (Wildman–Crippen MR) is 120 cm³/mol. The summed E-state index contributed by atoms with van der Waals surface area (Å²) in [6, 6.07) is 4.45. The molecular formula is C26H48N+. The molecule has 1 aromatic heterocycles. The topological polar surface area (TPSA) is 3.88 Å². The van der Waals surface area contributed by atoms with Crippen molar-refractivity contribution in [1.29, 1.82) is 0 Å². The van der Waals surface area contributed by atoms with Gasteiger partial charge in [0.25, 0.3) is 0 Å². The minimum Gasteiger partial charge on any atom is -0.202 e. The second-order valence-corrected chi connectivity index (χ2v) is 8.70. The Hall–Kier alpha value is -0.850. The van der Waals surface area contributed by atoms with Gasteiger partial charge in [-0.05, 0) is 19.4 Å². The number of nitrogens with zero attached hydrogens (tertiary/aromatic N) is 1. The Morgan fingerprint density at radius 3 is 1.41 bits per heavy atom. The van der Waals surface area contributed by atoms with Crippen molar-refractivity contribution in [2.75, 3.05) is 0 Å². The third-order valence-corrected chi connectivity index (χ3v) is 5.90. The molecule has 27 heavy (non-hydrogen) atoms. The average Bonchev–Trinajstić information content (AvgIpc) is 2.67. The van der Waals surface area contributed by atoms with Crippen molar-refractivity contribution >= 4 is 0 Å². The molecule has 0 unspecified atom stereocenters. The highest BCUT2D eigenvalue weighted by Gasteiger charge is 2.05. The Morgan fingerprint density at radius 2 is 0.963 bits per heavy atom. The molecule has 0 aliphatic heterocycles. The number of aryl methyl sites for hydroxylation is 3. The maximum absolute atomic E-state index is 2.42. The molecule has 0 atom stereocenters. The summed E-state index contributed by atoms with van der Waals surface area (Å²) in [7, 11) is 0. The number of aromatic nitrogens is 1. The zero-order valence-corrected chi connectivity index (χ0v) is 18.9. The van der Waals surface area contributed by atoms with Crippen molar-refractivity contribution in [3.8, 4) is 0 Å². The first-order valence-corrected chi connectivity index (χ1v) is 12.2. The van der Waals surface area contributed by atoms with Crippen LogP contribution in [0.25, 0.3) is 0 Å². The molecule has 0 saturated heterocycles. The normalized spacial score (nSPS) is 11.2. The summed E-state index contributed by atoms with van der Waals surface area (Å²) < 4.78 is 2.42. The van der Waals surface area contributed by atoms with Gasteiger partial charge in [0, 0.05) is 25.0 Å². The lowest BCUT2D eigenvalue weighted by Crippen LogP contribution is -2.36. The van der Waals surface area contributed by atoms with Crippen LogP contribution in [0.15, 0.2) is 18.3 Å². The first-order valence-electron chi connectivity index (χ1n) is 12.2. The van der Waals surface area contributed by atoms with Gasteiger partial charge in [-0.15, -0.1) is 0 Å². The van der Waals surface area contributed by atoms with Crippen LogP contribution >= 0.6 is 0 Å².